The Hall–Kier alpha value is -1.91. The highest BCUT2D eigenvalue weighted by Crippen LogP contribution is 2.21. The highest BCUT2D eigenvalue weighted by Gasteiger charge is 2.11. The van der Waals surface area contributed by atoms with E-state index in [4.69, 9.17) is 11.6 Å². The van der Waals surface area contributed by atoms with Gasteiger partial charge in [-0.25, -0.2) is 4.98 Å². The van der Waals surface area contributed by atoms with Crippen LogP contribution in [0, 0.1) is 20.8 Å². The highest BCUT2D eigenvalue weighted by molar-refractivity contribution is 6.29. The molecule has 0 aliphatic heterocycles. The molecule has 2 rings (SSSR count). The zero-order valence-electron chi connectivity index (χ0n) is 14.0. The monoisotopic (exact) mass is 331 g/mol. The Labute approximate surface area is 142 Å². The van der Waals surface area contributed by atoms with Crippen LogP contribution in [0.25, 0.3) is 0 Å². The molecule has 0 saturated heterocycles. The van der Waals surface area contributed by atoms with Crippen molar-refractivity contribution in [2.24, 2.45) is 0 Å². The van der Waals surface area contributed by atoms with E-state index in [2.05, 4.69) is 29.4 Å². The van der Waals surface area contributed by atoms with Gasteiger partial charge in [0, 0.05) is 18.4 Å². The smallest absolute Gasteiger partial charge is 0.238 e. The lowest BCUT2D eigenvalue weighted by molar-refractivity contribution is -0.117. The third-order valence-corrected chi connectivity index (χ3v) is 3.82. The Morgan fingerprint density at radius 3 is 2.43 bits per heavy atom. The molecule has 1 aromatic carbocycles. The molecule has 0 spiro atoms. The van der Waals surface area contributed by atoms with Gasteiger partial charge in [-0.3, -0.25) is 9.69 Å². The van der Waals surface area contributed by atoms with E-state index in [0.29, 0.717) is 18.2 Å². The lowest BCUT2D eigenvalue weighted by Crippen LogP contribution is -2.30. The van der Waals surface area contributed by atoms with E-state index in [-0.39, 0.29) is 5.91 Å². The van der Waals surface area contributed by atoms with Crippen LogP contribution in [0.2, 0.25) is 5.15 Å². The zero-order valence-corrected chi connectivity index (χ0v) is 14.7. The maximum absolute atomic E-state index is 12.3. The summed E-state index contributed by atoms with van der Waals surface area (Å²) in [6.45, 7) is 7.04. The van der Waals surface area contributed by atoms with Gasteiger partial charge in [-0.1, -0.05) is 35.4 Å². The van der Waals surface area contributed by atoms with Crippen LogP contribution in [0.15, 0.2) is 30.5 Å². The highest BCUT2D eigenvalue weighted by atomic mass is 35.5. The number of likely N-dealkylation sites (N-methyl/N-ethyl adjacent to an activating group) is 1. The van der Waals surface area contributed by atoms with Crippen LogP contribution in [0.4, 0.5) is 5.69 Å². The predicted octanol–water partition coefficient (Wildman–Crippen LogP) is 3.73. The number of benzene rings is 1. The molecule has 0 fully saturated rings. The Morgan fingerprint density at radius 2 is 1.87 bits per heavy atom. The topological polar surface area (TPSA) is 45.2 Å². The van der Waals surface area contributed by atoms with E-state index in [1.165, 1.54) is 5.56 Å². The van der Waals surface area contributed by atoms with Crippen molar-refractivity contribution in [3.05, 3.63) is 57.9 Å². The minimum absolute atomic E-state index is 0.0236. The summed E-state index contributed by atoms with van der Waals surface area (Å²) in [5.74, 6) is -0.0236. The molecule has 122 valence electrons. The minimum atomic E-state index is -0.0236. The summed E-state index contributed by atoms with van der Waals surface area (Å²) >= 11 is 5.77. The van der Waals surface area contributed by atoms with Gasteiger partial charge in [0.05, 0.1) is 6.54 Å². The van der Waals surface area contributed by atoms with Crippen molar-refractivity contribution in [1.29, 1.82) is 0 Å². The van der Waals surface area contributed by atoms with Crippen molar-refractivity contribution in [2.75, 3.05) is 18.9 Å². The number of anilines is 1. The Morgan fingerprint density at radius 1 is 1.22 bits per heavy atom. The van der Waals surface area contributed by atoms with Crippen LogP contribution in [-0.4, -0.2) is 29.4 Å². The number of carbonyl (C=O) groups excluding carboxylic acids is 1. The summed E-state index contributed by atoms with van der Waals surface area (Å²) in [5, 5.41) is 3.49. The number of nitrogens with one attached hydrogen (secondary N) is 1. The van der Waals surface area contributed by atoms with Gasteiger partial charge >= 0.3 is 0 Å². The molecular weight excluding hydrogens is 310 g/mol. The van der Waals surface area contributed by atoms with Crippen molar-refractivity contribution in [2.45, 2.75) is 27.3 Å². The number of carbonyl (C=O) groups is 1. The number of halogens is 1. The van der Waals surface area contributed by atoms with Crippen molar-refractivity contribution < 1.29 is 4.79 Å². The van der Waals surface area contributed by atoms with Crippen molar-refractivity contribution in [3.8, 4) is 0 Å². The Bertz CT molecular complexity index is 675. The third kappa shape index (κ3) is 5.05. The molecule has 0 unspecified atom stereocenters. The number of hydrogen-bond donors (Lipinski definition) is 1. The molecule has 23 heavy (non-hydrogen) atoms. The molecule has 5 heteroatoms. The SMILES string of the molecule is Cc1cc(C)c(NC(=O)CN(C)Cc2ccc(Cl)nc2)c(C)c1. The quantitative estimate of drug-likeness (QED) is 0.849. The van der Waals surface area contributed by atoms with Crippen LogP contribution in [0.1, 0.15) is 22.3 Å². The van der Waals surface area contributed by atoms with Crippen LogP contribution in [0.5, 0.6) is 0 Å². The number of aromatic nitrogens is 1. The molecule has 4 nitrogen and oxygen atoms in total. The maximum atomic E-state index is 12.3. The number of hydrogen-bond acceptors (Lipinski definition) is 3. The summed E-state index contributed by atoms with van der Waals surface area (Å²) in [4.78, 5) is 18.3. The summed E-state index contributed by atoms with van der Waals surface area (Å²) in [6.07, 6.45) is 1.73. The van der Waals surface area contributed by atoms with Crippen molar-refractivity contribution in [1.82, 2.24) is 9.88 Å². The van der Waals surface area contributed by atoms with Gasteiger partial charge in [0.25, 0.3) is 0 Å². The normalized spacial score (nSPS) is 10.9. The molecule has 1 N–H and O–H groups in total. The standard InChI is InChI=1S/C18H22ClN3O/c1-12-7-13(2)18(14(3)8-12)21-17(23)11-22(4)10-15-5-6-16(19)20-9-15/h5-9H,10-11H2,1-4H3,(H,21,23). The third-order valence-electron chi connectivity index (χ3n) is 3.60. The van der Waals surface area contributed by atoms with E-state index >= 15 is 0 Å². The average molecular weight is 332 g/mol. The zero-order chi connectivity index (χ0) is 17.0. The van der Waals surface area contributed by atoms with Gasteiger partial charge in [0.1, 0.15) is 5.15 Å². The molecule has 2 aromatic rings. The number of rotatable bonds is 5. The predicted molar refractivity (Wildman–Crippen MR) is 94.9 cm³/mol. The van der Waals surface area contributed by atoms with E-state index < -0.39 is 0 Å². The number of pyridine rings is 1. The molecule has 1 amide bonds. The van der Waals surface area contributed by atoms with Crippen LogP contribution in [-0.2, 0) is 11.3 Å². The Kier molecular flexibility index (Phi) is 5.74. The van der Waals surface area contributed by atoms with Gasteiger partial charge in [-0.05, 0) is 50.6 Å². The number of amides is 1. The number of aryl methyl sites for hydroxylation is 3. The molecule has 0 radical (unpaired) electrons. The van der Waals surface area contributed by atoms with Gasteiger partial charge in [0.2, 0.25) is 5.91 Å². The second-order valence-electron chi connectivity index (χ2n) is 5.98. The van der Waals surface area contributed by atoms with Gasteiger partial charge < -0.3 is 5.32 Å². The molecule has 1 aromatic heterocycles. The lowest BCUT2D eigenvalue weighted by atomic mass is 10.1. The molecule has 0 atom stereocenters. The van der Waals surface area contributed by atoms with Crippen LogP contribution < -0.4 is 5.32 Å². The lowest BCUT2D eigenvalue weighted by Gasteiger charge is -2.18. The Balaban J connectivity index is 1.95. The fourth-order valence-corrected chi connectivity index (χ4v) is 2.78. The second kappa shape index (κ2) is 7.57. The van der Waals surface area contributed by atoms with Crippen molar-refractivity contribution in [3.63, 3.8) is 0 Å². The van der Waals surface area contributed by atoms with Gasteiger partial charge in [-0.15, -0.1) is 0 Å². The second-order valence-corrected chi connectivity index (χ2v) is 6.37. The van der Waals surface area contributed by atoms with E-state index in [1.54, 1.807) is 12.3 Å². The van der Waals surface area contributed by atoms with Crippen LogP contribution in [0.3, 0.4) is 0 Å². The first-order valence-corrected chi connectivity index (χ1v) is 7.89. The molecule has 0 bridgehead atoms. The molecule has 0 aliphatic rings. The minimum Gasteiger partial charge on any atom is -0.324 e. The first kappa shape index (κ1) is 17.4. The molecule has 1 heterocycles. The average Bonchev–Trinajstić information content (AvgIpc) is 2.45. The van der Waals surface area contributed by atoms with E-state index in [9.17, 15) is 4.79 Å². The van der Waals surface area contributed by atoms with E-state index in [0.717, 1.165) is 22.4 Å². The molecular formula is C18H22ClN3O. The fourth-order valence-electron chi connectivity index (χ4n) is 2.67. The summed E-state index contributed by atoms with van der Waals surface area (Å²) in [7, 11) is 1.91. The molecule has 0 aliphatic carbocycles. The van der Waals surface area contributed by atoms with Crippen LogP contribution >= 0.6 is 11.6 Å². The largest absolute Gasteiger partial charge is 0.324 e. The number of nitrogens with zero attached hydrogens (tertiary/aromatic N) is 2. The summed E-state index contributed by atoms with van der Waals surface area (Å²) in [5.41, 5.74) is 5.29. The summed E-state index contributed by atoms with van der Waals surface area (Å²) in [6, 6.07) is 7.82. The molecule has 0 saturated carbocycles. The first-order chi connectivity index (χ1) is 10.8. The van der Waals surface area contributed by atoms with E-state index in [1.807, 2.05) is 31.9 Å². The van der Waals surface area contributed by atoms with Crippen molar-refractivity contribution >= 4 is 23.2 Å². The summed E-state index contributed by atoms with van der Waals surface area (Å²) < 4.78 is 0. The maximum Gasteiger partial charge on any atom is 0.238 e. The van der Waals surface area contributed by atoms with Gasteiger partial charge in [-0.2, -0.15) is 0 Å². The fraction of sp³-hybridized carbons (Fsp3) is 0.333. The first-order valence-electron chi connectivity index (χ1n) is 7.52. The van der Waals surface area contributed by atoms with Gasteiger partial charge in [0.15, 0.2) is 0 Å².